The van der Waals surface area contributed by atoms with Crippen molar-refractivity contribution >= 4 is 34.5 Å². The molecule has 0 saturated carbocycles. The quantitative estimate of drug-likeness (QED) is 0.622. The average Bonchev–Trinajstić information content (AvgIpc) is 3.27. The molecule has 0 atom stereocenters. The summed E-state index contributed by atoms with van der Waals surface area (Å²) in [4.78, 5) is 24.2. The van der Waals surface area contributed by atoms with E-state index in [9.17, 15) is 4.79 Å². The lowest BCUT2D eigenvalue weighted by Crippen LogP contribution is -2.27. The van der Waals surface area contributed by atoms with Gasteiger partial charge < -0.3 is 10.2 Å². The third-order valence-corrected chi connectivity index (χ3v) is 5.80. The zero-order valence-corrected chi connectivity index (χ0v) is 16.6. The van der Waals surface area contributed by atoms with Crippen LogP contribution in [0.2, 0.25) is 0 Å². The number of benzene rings is 2. The molecular weight excluding hydrogens is 368 g/mol. The summed E-state index contributed by atoms with van der Waals surface area (Å²) in [6, 6.07) is 18.1. The maximum Gasteiger partial charge on any atom is 0.230 e. The van der Waals surface area contributed by atoms with Crippen molar-refractivity contribution < 1.29 is 4.79 Å². The molecular formula is C22H24N4OS. The Kier molecular flexibility index (Phi) is 6.07. The number of fused-ring (bicyclic) bond motifs is 1. The number of nitrogens with one attached hydrogen (secondary N) is 1. The summed E-state index contributed by atoms with van der Waals surface area (Å²) in [5.74, 6) is 1.30. The molecule has 0 unspecified atom stereocenters. The van der Waals surface area contributed by atoms with E-state index >= 15 is 0 Å². The molecule has 1 N–H and O–H groups in total. The molecule has 2 heterocycles. The number of rotatable bonds is 7. The minimum absolute atomic E-state index is 0.0308. The fourth-order valence-corrected chi connectivity index (χ4v) is 4.22. The van der Waals surface area contributed by atoms with Gasteiger partial charge in [-0.25, -0.2) is 9.97 Å². The van der Waals surface area contributed by atoms with E-state index in [0.717, 1.165) is 41.4 Å². The Bertz CT molecular complexity index is 942. The Hall–Kier alpha value is -2.60. The van der Waals surface area contributed by atoms with E-state index in [-0.39, 0.29) is 5.91 Å². The van der Waals surface area contributed by atoms with Crippen LogP contribution in [0.15, 0.2) is 59.6 Å². The van der Waals surface area contributed by atoms with Gasteiger partial charge in [0.15, 0.2) is 5.82 Å². The van der Waals surface area contributed by atoms with Gasteiger partial charge in [-0.3, -0.25) is 4.79 Å². The molecule has 1 fully saturated rings. The molecule has 2 aromatic carbocycles. The molecule has 3 aromatic rings. The lowest BCUT2D eigenvalue weighted by molar-refractivity contribution is -0.118. The number of anilines is 1. The molecule has 1 amide bonds. The Morgan fingerprint density at radius 3 is 2.39 bits per heavy atom. The van der Waals surface area contributed by atoms with Gasteiger partial charge in [-0.15, -0.1) is 0 Å². The molecule has 4 rings (SSSR count). The molecule has 0 radical (unpaired) electrons. The van der Waals surface area contributed by atoms with Gasteiger partial charge in [0, 0.05) is 19.6 Å². The molecule has 0 spiro atoms. The monoisotopic (exact) mass is 392 g/mol. The third kappa shape index (κ3) is 4.62. The number of hydrogen-bond donors (Lipinski definition) is 1. The van der Waals surface area contributed by atoms with Crippen molar-refractivity contribution in [1.29, 1.82) is 0 Å². The summed E-state index contributed by atoms with van der Waals surface area (Å²) in [7, 11) is 0. The fraction of sp³-hybridized carbons (Fsp3) is 0.318. The highest BCUT2D eigenvalue weighted by atomic mass is 32.2. The molecule has 0 aliphatic carbocycles. The topological polar surface area (TPSA) is 58.1 Å². The first-order chi connectivity index (χ1) is 13.8. The Morgan fingerprint density at radius 1 is 0.964 bits per heavy atom. The fourth-order valence-electron chi connectivity index (χ4n) is 3.38. The number of aromatic nitrogens is 2. The van der Waals surface area contributed by atoms with Crippen molar-refractivity contribution in [2.24, 2.45) is 0 Å². The van der Waals surface area contributed by atoms with Gasteiger partial charge in [0.25, 0.3) is 0 Å². The van der Waals surface area contributed by atoms with E-state index in [0.29, 0.717) is 12.3 Å². The van der Waals surface area contributed by atoms with Gasteiger partial charge in [-0.2, -0.15) is 0 Å². The normalized spacial score (nSPS) is 13.8. The number of amides is 1. The van der Waals surface area contributed by atoms with Crippen LogP contribution in [-0.2, 0) is 11.2 Å². The first-order valence-corrected chi connectivity index (χ1v) is 10.7. The van der Waals surface area contributed by atoms with Gasteiger partial charge in [0.2, 0.25) is 5.91 Å². The minimum atomic E-state index is 0.0308. The molecule has 0 bridgehead atoms. The van der Waals surface area contributed by atoms with Crippen LogP contribution in [0.25, 0.3) is 11.0 Å². The van der Waals surface area contributed by atoms with Crippen LogP contribution in [-0.4, -0.2) is 41.3 Å². The number of thioether (sulfide) groups is 1. The van der Waals surface area contributed by atoms with Crippen LogP contribution in [0.1, 0.15) is 18.4 Å². The summed E-state index contributed by atoms with van der Waals surface area (Å²) in [5.41, 5.74) is 3.01. The molecule has 1 aromatic heterocycles. The van der Waals surface area contributed by atoms with E-state index < -0.39 is 0 Å². The maximum absolute atomic E-state index is 12.3. The van der Waals surface area contributed by atoms with Gasteiger partial charge in [-0.1, -0.05) is 54.2 Å². The number of carbonyl (C=O) groups is 1. The van der Waals surface area contributed by atoms with Crippen LogP contribution < -0.4 is 10.2 Å². The number of nitrogens with zero attached hydrogens (tertiary/aromatic N) is 3. The Balaban J connectivity index is 1.40. The molecule has 1 saturated heterocycles. The largest absolute Gasteiger partial charge is 0.355 e. The summed E-state index contributed by atoms with van der Waals surface area (Å²) >= 11 is 1.48. The van der Waals surface area contributed by atoms with Gasteiger partial charge in [0.1, 0.15) is 5.03 Å². The van der Waals surface area contributed by atoms with E-state index in [2.05, 4.69) is 22.3 Å². The van der Waals surface area contributed by atoms with Crippen molar-refractivity contribution in [2.75, 3.05) is 30.3 Å². The van der Waals surface area contributed by atoms with E-state index in [1.165, 1.54) is 30.2 Å². The molecule has 144 valence electrons. The van der Waals surface area contributed by atoms with Crippen LogP contribution in [0.5, 0.6) is 0 Å². The summed E-state index contributed by atoms with van der Waals surface area (Å²) in [6.07, 6.45) is 3.20. The van der Waals surface area contributed by atoms with Gasteiger partial charge in [-0.05, 0) is 37.0 Å². The second-order valence-electron chi connectivity index (χ2n) is 6.91. The zero-order valence-electron chi connectivity index (χ0n) is 15.8. The van der Waals surface area contributed by atoms with Crippen molar-refractivity contribution in [3.63, 3.8) is 0 Å². The first kappa shape index (κ1) is 18.7. The highest BCUT2D eigenvalue weighted by Crippen LogP contribution is 2.30. The van der Waals surface area contributed by atoms with Crippen molar-refractivity contribution in [2.45, 2.75) is 24.3 Å². The average molecular weight is 393 g/mol. The first-order valence-electron chi connectivity index (χ1n) is 9.75. The minimum Gasteiger partial charge on any atom is -0.355 e. The predicted octanol–water partition coefficient (Wildman–Crippen LogP) is 3.68. The molecule has 5 nitrogen and oxygen atoms in total. The Morgan fingerprint density at radius 2 is 1.64 bits per heavy atom. The SMILES string of the molecule is O=C(CSc1nc2ccccc2nc1N1CCCC1)NCCc1ccccc1. The van der Waals surface area contributed by atoms with Gasteiger partial charge in [0.05, 0.1) is 16.8 Å². The van der Waals surface area contributed by atoms with E-state index in [4.69, 9.17) is 9.97 Å². The highest BCUT2D eigenvalue weighted by Gasteiger charge is 2.20. The van der Waals surface area contributed by atoms with Crippen LogP contribution in [0, 0.1) is 0 Å². The number of para-hydroxylation sites is 2. The summed E-state index contributed by atoms with van der Waals surface area (Å²) in [6.45, 7) is 2.65. The molecule has 1 aliphatic rings. The molecule has 28 heavy (non-hydrogen) atoms. The lowest BCUT2D eigenvalue weighted by Gasteiger charge is -2.19. The number of carbonyl (C=O) groups excluding carboxylic acids is 1. The van der Waals surface area contributed by atoms with E-state index in [1.807, 2.05) is 42.5 Å². The second-order valence-corrected chi connectivity index (χ2v) is 7.87. The highest BCUT2D eigenvalue weighted by molar-refractivity contribution is 8.00. The molecule has 1 aliphatic heterocycles. The van der Waals surface area contributed by atoms with Crippen molar-refractivity contribution in [1.82, 2.24) is 15.3 Å². The van der Waals surface area contributed by atoms with Gasteiger partial charge >= 0.3 is 0 Å². The van der Waals surface area contributed by atoms with Crippen LogP contribution in [0.4, 0.5) is 5.82 Å². The van der Waals surface area contributed by atoms with Crippen molar-refractivity contribution in [3.8, 4) is 0 Å². The lowest BCUT2D eigenvalue weighted by atomic mass is 10.1. The standard InChI is InChI=1S/C22H24N4OS/c27-20(23-13-12-17-8-2-1-3-9-17)16-28-22-21(26-14-6-7-15-26)24-18-10-4-5-11-19(18)25-22/h1-5,8-11H,6-7,12-16H2,(H,23,27). The van der Waals surface area contributed by atoms with Crippen LogP contribution >= 0.6 is 11.8 Å². The maximum atomic E-state index is 12.3. The smallest absolute Gasteiger partial charge is 0.230 e. The third-order valence-electron chi connectivity index (χ3n) is 4.85. The molecule has 6 heteroatoms. The Labute approximate surface area is 169 Å². The van der Waals surface area contributed by atoms with Crippen LogP contribution in [0.3, 0.4) is 0 Å². The van der Waals surface area contributed by atoms with Crippen molar-refractivity contribution in [3.05, 3.63) is 60.2 Å². The van der Waals surface area contributed by atoms with E-state index in [1.54, 1.807) is 0 Å². The second kappa shape index (κ2) is 9.06. The summed E-state index contributed by atoms with van der Waals surface area (Å²) in [5, 5.41) is 3.85. The summed E-state index contributed by atoms with van der Waals surface area (Å²) < 4.78 is 0. The zero-order chi connectivity index (χ0) is 19.2. The predicted molar refractivity (Wildman–Crippen MR) is 115 cm³/mol. The number of hydrogen-bond acceptors (Lipinski definition) is 5.